The minimum absolute atomic E-state index is 0.125. The molecule has 5 rings (SSSR count). The van der Waals surface area contributed by atoms with Crippen LogP contribution in [0.3, 0.4) is 0 Å². The minimum Gasteiger partial charge on any atom is -0.383 e. The number of benzene rings is 1. The van der Waals surface area contributed by atoms with Crippen molar-refractivity contribution in [2.45, 2.75) is 32.0 Å². The van der Waals surface area contributed by atoms with Crippen molar-refractivity contribution >= 4 is 39.4 Å². The van der Waals surface area contributed by atoms with Gasteiger partial charge in [-0.1, -0.05) is 0 Å². The van der Waals surface area contributed by atoms with Crippen LogP contribution in [0.5, 0.6) is 0 Å². The maximum Gasteiger partial charge on any atom is 0.417 e. The van der Waals surface area contributed by atoms with Crippen molar-refractivity contribution < 1.29 is 22.8 Å². The molecular weight excluding hydrogens is 513 g/mol. The first-order chi connectivity index (χ1) is 18.4. The van der Waals surface area contributed by atoms with E-state index < -0.39 is 29.0 Å². The normalized spacial score (nSPS) is 14.6. The van der Waals surface area contributed by atoms with Crippen LogP contribution in [0.1, 0.15) is 40.9 Å². The highest BCUT2D eigenvalue weighted by atomic mass is 19.4. The summed E-state index contributed by atoms with van der Waals surface area (Å²) in [6, 6.07) is 8.82. The van der Waals surface area contributed by atoms with E-state index in [1.807, 2.05) is 0 Å². The van der Waals surface area contributed by atoms with Gasteiger partial charge in [-0.05, 0) is 49.6 Å². The van der Waals surface area contributed by atoms with Gasteiger partial charge in [0.25, 0.3) is 11.8 Å². The summed E-state index contributed by atoms with van der Waals surface area (Å²) in [5, 5.41) is 17.3. The van der Waals surface area contributed by atoms with E-state index in [0.717, 1.165) is 22.2 Å². The van der Waals surface area contributed by atoms with Gasteiger partial charge in [-0.2, -0.15) is 23.5 Å². The predicted octanol–water partition coefficient (Wildman–Crippen LogP) is 3.83. The average molecular weight is 537 g/mol. The summed E-state index contributed by atoms with van der Waals surface area (Å²) in [5.74, 6) is -0.901. The van der Waals surface area contributed by atoms with E-state index >= 15 is 0 Å². The smallest absolute Gasteiger partial charge is 0.383 e. The van der Waals surface area contributed by atoms with Gasteiger partial charge in [0.15, 0.2) is 0 Å². The van der Waals surface area contributed by atoms with E-state index in [9.17, 15) is 28.0 Å². The largest absolute Gasteiger partial charge is 0.417 e. The van der Waals surface area contributed by atoms with Crippen LogP contribution in [0.2, 0.25) is 0 Å². The van der Waals surface area contributed by atoms with E-state index in [4.69, 9.17) is 5.73 Å². The van der Waals surface area contributed by atoms with Crippen LogP contribution in [0, 0.1) is 16.7 Å². The molecule has 0 atom stereocenters. The predicted molar refractivity (Wildman–Crippen MR) is 134 cm³/mol. The van der Waals surface area contributed by atoms with Crippen molar-refractivity contribution in [3.8, 4) is 6.07 Å². The number of hydrogen-bond donors (Lipinski definition) is 1. The van der Waals surface area contributed by atoms with Gasteiger partial charge in [0.1, 0.15) is 11.2 Å². The number of hydrazine groups is 1. The fourth-order valence-corrected chi connectivity index (χ4v) is 4.72. The zero-order valence-corrected chi connectivity index (χ0v) is 21.0. The van der Waals surface area contributed by atoms with Gasteiger partial charge in [-0.3, -0.25) is 24.3 Å². The van der Waals surface area contributed by atoms with Crippen molar-refractivity contribution in [1.29, 1.82) is 5.26 Å². The summed E-state index contributed by atoms with van der Waals surface area (Å²) >= 11 is 0. The van der Waals surface area contributed by atoms with E-state index in [1.54, 1.807) is 30.1 Å². The van der Waals surface area contributed by atoms with Crippen molar-refractivity contribution in [1.82, 2.24) is 29.8 Å². The van der Waals surface area contributed by atoms with Gasteiger partial charge >= 0.3 is 6.18 Å². The molecule has 1 fully saturated rings. The second-order valence-corrected chi connectivity index (χ2v) is 9.53. The SMILES string of the molecule is CN(C(=O)C1(C#N)CCC1)N(Cc1ccc(C(F)(F)F)cn1)C(=O)c1ccc2nc(N)c3cnn(C)c3c2c1. The summed E-state index contributed by atoms with van der Waals surface area (Å²) in [6.45, 7) is -0.306. The standard InChI is InChI=1S/C26H23F3N8O2/c1-35-21-18-10-15(4-7-20(18)34-22(31)19(21)12-33-35)23(38)37(36(2)24(39)25(14-30)8-3-9-25)13-17-6-5-16(11-32-17)26(27,28)29/h4-7,10-12H,3,8-9,13H2,1-2H3,(H2,31,34). The molecule has 1 aliphatic rings. The molecule has 2 N–H and O–H groups in total. The van der Waals surface area contributed by atoms with Crippen LogP contribution < -0.4 is 5.73 Å². The first-order valence-corrected chi connectivity index (χ1v) is 12.0. The van der Waals surface area contributed by atoms with E-state index in [-0.39, 0.29) is 23.6 Å². The Hall–Kier alpha value is -4.73. The zero-order chi connectivity index (χ0) is 28.1. The van der Waals surface area contributed by atoms with E-state index in [0.29, 0.717) is 47.3 Å². The summed E-state index contributed by atoms with van der Waals surface area (Å²) in [5.41, 5.74) is 5.36. The number of rotatable bonds is 4. The number of aryl methyl sites for hydroxylation is 1. The maximum atomic E-state index is 13.9. The molecule has 10 nitrogen and oxygen atoms in total. The molecule has 1 saturated carbocycles. The Morgan fingerprint density at radius 3 is 2.51 bits per heavy atom. The van der Waals surface area contributed by atoms with Gasteiger partial charge in [-0.15, -0.1) is 0 Å². The molecule has 1 aromatic carbocycles. The number of pyridine rings is 2. The third kappa shape index (κ3) is 4.37. The van der Waals surface area contributed by atoms with Crippen LogP contribution in [0.25, 0.3) is 21.8 Å². The first kappa shape index (κ1) is 25.9. The number of amides is 2. The van der Waals surface area contributed by atoms with Crippen molar-refractivity contribution in [3.63, 3.8) is 0 Å². The number of anilines is 1. The molecule has 4 aromatic rings. The van der Waals surface area contributed by atoms with Gasteiger partial charge in [0.2, 0.25) is 0 Å². The Morgan fingerprint density at radius 1 is 1.18 bits per heavy atom. The number of halogens is 3. The van der Waals surface area contributed by atoms with Gasteiger partial charge < -0.3 is 5.73 Å². The molecule has 200 valence electrons. The molecule has 0 unspecified atom stereocenters. The second kappa shape index (κ2) is 9.23. The number of nitriles is 1. The lowest BCUT2D eigenvalue weighted by atomic mass is 9.69. The first-order valence-electron chi connectivity index (χ1n) is 12.0. The third-order valence-electron chi connectivity index (χ3n) is 7.14. The molecule has 0 aliphatic heterocycles. The zero-order valence-electron chi connectivity index (χ0n) is 21.0. The number of hydrogen-bond acceptors (Lipinski definition) is 7. The Morgan fingerprint density at radius 2 is 1.92 bits per heavy atom. The fraction of sp³-hybridized carbons (Fsp3) is 0.308. The highest BCUT2D eigenvalue weighted by Gasteiger charge is 2.48. The Labute approximate surface area is 220 Å². The number of carbonyl (C=O) groups is 2. The molecule has 13 heteroatoms. The van der Waals surface area contributed by atoms with Gasteiger partial charge in [0.05, 0.1) is 46.5 Å². The summed E-state index contributed by atoms with van der Waals surface area (Å²) < 4.78 is 40.7. The highest BCUT2D eigenvalue weighted by molar-refractivity contribution is 6.10. The molecular formula is C26H23F3N8O2. The monoisotopic (exact) mass is 536 g/mol. The van der Waals surface area contributed by atoms with Gasteiger partial charge in [-0.25, -0.2) is 9.99 Å². The average Bonchev–Trinajstić information content (AvgIpc) is 3.28. The number of nitrogen functional groups attached to an aromatic ring is 1. The van der Waals surface area contributed by atoms with Crippen molar-refractivity contribution in [3.05, 3.63) is 59.5 Å². The molecule has 1 aliphatic carbocycles. The molecule has 39 heavy (non-hydrogen) atoms. The molecule has 0 spiro atoms. The van der Waals surface area contributed by atoms with Crippen LogP contribution in [-0.4, -0.2) is 48.6 Å². The number of alkyl halides is 3. The van der Waals surface area contributed by atoms with Gasteiger partial charge in [0, 0.05) is 31.2 Å². The number of nitrogens with two attached hydrogens (primary N) is 1. The summed E-state index contributed by atoms with van der Waals surface area (Å²) in [4.78, 5) is 35.5. The Balaban J connectivity index is 1.56. The van der Waals surface area contributed by atoms with Crippen LogP contribution in [0.15, 0.2) is 42.7 Å². The number of fused-ring (bicyclic) bond motifs is 3. The summed E-state index contributed by atoms with van der Waals surface area (Å²) in [7, 11) is 3.09. The number of carbonyl (C=O) groups excluding carboxylic acids is 2. The lowest BCUT2D eigenvalue weighted by Crippen LogP contribution is -2.54. The quantitative estimate of drug-likeness (QED) is 0.392. The topological polar surface area (TPSA) is 134 Å². The molecule has 0 saturated heterocycles. The minimum atomic E-state index is -4.57. The van der Waals surface area contributed by atoms with E-state index in [2.05, 4.69) is 21.1 Å². The number of aromatic nitrogens is 4. The molecule has 3 heterocycles. The Bertz CT molecular complexity index is 1650. The molecule has 0 radical (unpaired) electrons. The lowest BCUT2D eigenvalue weighted by molar-refractivity contribution is -0.155. The lowest BCUT2D eigenvalue weighted by Gasteiger charge is -2.40. The fourth-order valence-electron chi connectivity index (χ4n) is 4.72. The van der Waals surface area contributed by atoms with Crippen molar-refractivity contribution in [2.24, 2.45) is 12.5 Å². The molecule has 3 aromatic heterocycles. The number of nitrogens with zero attached hydrogens (tertiary/aromatic N) is 7. The van der Waals surface area contributed by atoms with Crippen LogP contribution in [-0.2, 0) is 24.6 Å². The third-order valence-corrected chi connectivity index (χ3v) is 7.14. The Kier molecular flexibility index (Phi) is 6.13. The van der Waals surface area contributed by atoms with E-state index in [1.165, 1.54) is 13.1 Å². The molecule has 2 amide bonds. The van der Waals surface area contributed by atoms with Crippen molar-refractivity contribution in [2.75, 3.05) is 12.8 Å². The molecule has 0 bridgehead atoms. The van der Waals surface area contributed by atoms with Crippen LogP contribution in [0.4, 0.5) is 19.0 Å². The van der Waals surface area contributed by atoms with Crippen LogP contribution >= 0.6 is 0 Å². The summed E-state index contributed by atoms with van der Waals surface area (Å²) in [6.07, 6.45) is -0.919. The second-order valence-electron chi connectivity index (χ2n) is 9.53. The maximum absolute atomic E-state index is 13.9. The highest BCUT2D eigenvalue weighted by Crippen LogP contribution is 2.42.